The van der Waals surface area contributed by atoms with Gasteiger partial charge in [-0.3, -0.25) is 0 Å². The molecule has 0 unspecified atom stereocenters. The van der Waals surface area contributed by atoms with Gasteiger partial charge < -0.3 is 8.98 Å². The molecule has 0 bridgehead atoms. The first-order valence-corrected chi connectivity index (χ1v) is 19.8. The molecule has 57 heavy (non-hydrogen) atoms. The molecule has 0 aliphatic rings. The number of benzene rings is 8. The lowest BCUT2D eigenvalue weighted by molar-refractivity contribution is 0.669. The van der Waals surface area contributed by atoms with Crippen molar-refractivity contribution in [1.82, 2.24) is 19.5 Å². The van der Waals surface area contributed by atoms with E-state index in [1.807, 2.05) is 60.7 Å². The van der Waals surface area contributed by atoms with Gasteiger partial charge in [-0.15, -0.1) is 11.3 Å². The van der Waals surface area contributed by atoms with Crippen LogP contribution in [-0.4, -0.2) is 19.5 Å². The van der Waals surface area contributed by atoms with E-state index >= 15 is 0 Å². The third-order valence-corrected chi connectivity index (χ3v) is 12.3. The van der Waals surface area contributed by atoms with Crippen LogP contribution in [0.2, 0.25) is 0 Å². The Labute approximate surface area is 330 Å². The van der Waals surface area contributed by atoms with Crippen molar-refractivity contribution in [3.05, 3.63) is 182 Å². The van der Waals surface area contributed by atoms with Gasteiger partial charge in [-0.1, -0.05) is 140 Å². The lowest BCUT2D eigenvalue weighted by Gasteiger charge is -2.09. The molecule has 8 aromatic carbocycles. The molecule has 0 N–H and O–H groups in total. The van der Waals surface area contributed by atoms with E-state index in [-0.39, 0.29) is 0 Å². The first-order chi connectivity index (χ1) is 28.2. The van der Waals surface area contributed by atoms with E-state index in [1.165, 1.54) is 47.5 Å². The average Bonchev–Trinajstić information content (AvgIpc) is 3.96. The average molecular weight is 747 g/mol. The standard InChI is InChI=1S/C51H30N4OS/c1-3-13-31(14-4-1)49-52-50(32-15-5-2-6-16-32)54-51(53-49)34-26-27-38-39-20-11-19-35(48(39)57-46(38)30-34)33-25-28-40-45(29-33)56-44-24-12-23-43(47(40)44)55-41-21-9-7-17-36(41)37-18-8-10-22-42(37)55/h1-30H. The molecule has 0 aliphatic heterocycles. The van der Waals surface area contributed by atoms with Gasteiger partial charge in [-0.05, 0) is 53.6 Å². The second-order valence-electron chi connectivity index (χ2n) is 14.4. The summed E-state index contributed by atoms with van der Waals surface area (Å²) < 4.78 is 11.5. The lowest BCUT2D eigenvalue weighted by atomic mass is 10.0. The minimum atomic E-state index is 0.651. The first-order valence-electron chi connectivity index (χ1n) is 19.0. The van der Waals surface area contributed by atoms with Crippen LogP contribution in [0.1, 0.15) is 0 Å². The van der Waals surface area contributed by atoms with Crippen molar-refractivity contribution in [3.63, 3.8) is 0 Å². The molecule has 12 aromatic rings. The van der Waals surface area contributed by atoms with E-state index in [9.17, 15) is 0 Å². The monoisotopic (exact) mass is 746 g/mol. The van der Waals surface area contributed by atoms with Crippen LogP contribution >= 0.6 is 11.3 Å². The van der Waals surface area contributed by atoms with Crippen LogP contribution in [0.5, 0.6) is 0 Å². The van der Waals surface area contributed by atoms with Crippen LogP contribution < -0.4 is 0 Å². The smallest absolute Gasteiger partial charge is 0.164 e. The molecule has 6 heteroatoms. The largest absolute Gasteiger partial charge is 0.456 e. The van der Waals surface area contributed by atoms with Gasteiger partial charge >= 0.3 is 0 Å². The highest BCUT2D eigenvalue weighted by atomic mass is 32.1. The van der Waals surface area contributed by atoms with Gasteiger partial charge in [0.15, 0.2) is 17.5 Å². The normalized spacial score (nSPS) is 11.9. The van der Waals surface area contributed by atoms with Gasteiger partial charge in [0, 0.05) is 53.0 Å². The summed E-state index contributed by atoms with van der Waals surface area (Å²) in [4.78, 5) is 14.9. The van der Waals surface area contributed by atoms with Crippen LogP contribution in [0.15, 0.2) is 186 Å². The van der Waals surface area contributed by atoms with Crippen molar-refractivity contribution in [2.75, 3.05) is 0 Å². The number of fused-ring (bicyclic) bond motifs is 9. The summed E-state index contributed by atoms with van der Waals surface area (Å²) >= 11 is 1.80. The molecule has 12 rings (SSSR count). The van der Waals surface area contributed by atoms with Crippen molar-refractivity contribution in [1.29, 1.82) is 0 Å². The fourth-order valence-electron chi connectivity index (χ4n) is 8.45. The maximum atomic E-state index is 6.67. The molecule has 5 nitrogen and oxygen atoms in total. The Balaban J connectivity index is 0.986. The summed E-state index contributed by atoms with van der Waals surface area (Å²) in [7, 11) is 0. The molecular formula is C51H30N4OS. The van der Waals surface area contributed by atoms with Gasteiger partial charge in [0.2, 0.25) is 0 Å². The Morgan fingerprint density at radius 1 is 0.404 bits per heavy atom. The van der Waals surface area contributed by atoms with Crippen molar-refractivity contribution >= 4 is 75.3 Å². The predicted octanol–water partition coefficient (Wildman–Crippen LogP) is 13.9. The highest BCUT2D eigenvalue weighted by Crippen LogP contribution is 2.44. The van der Waals surface area contributed by atoms with Crippen LogP contribution in [0.25, 0.3) is 115 Å². The SMILES string of the molecule is c1ccc(-c2nc(-c3ccccc3)nc(-c3ccc4c(c3)sc3c(-c5ccc6c(c5)oc5cccc(-n7c8ccccc8c8ccccc87)c56)cccc34)n2)cc1. The van der Waals surface area contributed by atoms with E-state index in [0.717, 1.165) is 49.9 Å². The molecule has 266 valence electrons. The highest BCUT2D eigenvalue weighted by molar-refractivity contribution is 7.26. The van der Waals surface area contributed by atoms with Crippen LogP contribution in [0.4, 0.5) is 0 Å². The van der Waals surface area contributed by atoms with Gasteiger partial charge in [0.25, 0.3) is 0 Å². The summed E-state index contributed by atoms with van der Waals surface area (Å²) in [5.41, 5.74) is 10.4. The molecule has 0 amide bonds. The van der Waals surface area contributed by atoms with Crippen molar-refractivity contribution in [2.24, 2.45) is 0 Å². The molecule has 0 saturated carbocycles. The minimum Gasteiger partial charge on any atom is -0.456 e. The fraction of sp³-hybridized carbons (Fsp3) is 0. The molecule has 0 saturated heterocycles. The lowest BCUT2D eigenvalue weighted by Crippen LogP contribution is -1.99. The van der Waals surface area contributed by atoms with Crippen molar-refractivity contribution in [3.8, 4) is 51.0 Å². The Morgan fingerprint density at radius 3 is 1.68 bits per heavy atom. The number of thiophene rings is 1. The molecule has 0 aliphatic carbocycles. The summed E-state index contributed by atoms with van der Waals surface area (Å²) in [5, 5.41) is 7.13. The second kappa shape index (κ2) is 12.6. The van der Waals surface area contributed by atoms with Crippen LogP contribution in [0, 0.1) is 0 Å². The van der Waals surface area contributed by atoms with Crippen molar-refractivity contribution in [2.45, 2.75) is 0 Å². The van der Waals surface area contributed by atoms with E-state index in [0.29, 0.717) is 17.5 Å². The van der Waals surface area contributed by atoms with E-state index in [2.05, 4.69) is 126 Å². The fourth-order valence-corrected chi connectivity index (χ4v) is 9.72. The van der Waals surface area contributed by atoms with Gasteiger partial charge in [0.05, 0.1) is 22.1 Å². The third-order valence-electron chi connectivity index (χ3n) is 11.1. The Morgan fingerprint density at radius 2 is 0.982 bits per heavy atom. The Hall–Kier alpha value is -7.41. The van der Waals surface area contributed by atoms with Crippen LogP contribution in [0.3, 0.4) is 0 Å². The van der Waals surface area contributed by atoms with Gasteiger partial charge in [-0.25, -0.2) is 15.0 Å². The summed E-state index contributed by atoms with van der Waals surface area (Å²) in [6.07, 6.45) is 0. The number of rotatable bonds is 5. The second-order valence-corrected chi connectivity index (χ2v) is 15.4. The maximum Gasteiger partial charge on any atom is 0.164 e. The highest BCUT2D eigenvalue weighted by Gasteiger charge is 2.19. The Bertz CT molecular complexity index is 3420. The topological polar surface area (TPSA) is 56.7 Å². The number of hydrogen-bond acceptors (Lipinski definition) is 5. The molecule has 4 aromatic heterocycles. The molecule has 0 radical (unpaired) electrons. The molecular weight excluding hydrogens is 717 g/mol. The summed E-state index contributed by atoms with van der Waals surface area (Å²) in [5.74, 6) is 1.96. The number of para-hydroxylation sites is 2. The molecule has 4 heterocycles. The van der Waals surface area contributed by atoms with Crippen molar-refractivity contribution < 1.29 is 4.42 Å². The molecule has 0 atom stereocenters. The maximum absolute atomic E-state index is 6.67. The summed E-state index contributed by atoms with van der Waals surface area (Å²) in [6, 6.07) is 63.7. The van der Waals surface area contributed by atoms with E-state index in [4.69, 9.17) is 19.4 Å². The van der Waals surface area contributed by atoms with Gasteiger partial charge in [0.1, 0.15) is 11.2 Å². The number of furan rings is 1. The molecule has 0 spiro atoms. The predicted molar refractivity (Wildman–Crippen MR) is 236 cm³/mol. The summed E-state index contributed by atoms with van der Waals surface area (Å²) in [6.45, 7) is 0. The van der Waals surface area contributed by atoms with E-state index in [1.54, 1.807) is 11.3 Å². The first kappa shape index (κ1) is 31.9. The molecule has 0 fully saturated rings. The Kier molecular flexibility index (Phi) is 7.03. The number of nitrogens with zero attached hydrogens (tertiary/aromatic N) is 4. The third kappa shape index (κ3) is 5.04. The quantitative estimate of drug-likeness (QED) is 0.176. The zero-order valence-electron chi connectivity index (χ0n) is 30.4. The van der Waals surface area contributed by atoms with Gasteiger partial charge in [-0.2, -0.15) is 0 Å². The zero-order chi connectivity index (χ0) is 37.5. The number of aromatic nitrogens is 4. The van der Waals surface area contributed by atoms with Crippen LogP contribution in [-0.2, 0) is 0 Å². The zero-order valence-corrected chi connectivity index (χ0v) is 31.2. The van der Waals surface area contributed by atoms with E-state index < -0.39 is 0 Å². The minimum absolute atomic E-state index is 0.651. The number of hydrogen-bond donors (Lipinski definition) is 0.